The maximum absolute atomic E-state index is 14.1. The molecule has 1 aliphatic heterocycles. The number of carbonyl (C=O) groups excluding carboxylic acids is 4. The van der Waals surface area contributed by atoms with Gasteiger partial charge in [-0.2, -0.15) is 0 Å². The van der Waals surface area contributed by atoms with Crippen molar-refractivity contribution in [2.75, 3.05) is 20.6 Å². The SMILES string of the molecule is CNC(=O)[C@@H](NC(=O)[C@@H]1CCCN1C(=O)[C@@H](NC(=O)[C@H](C)NC)C1CCCCC1)C(c1ccccc1)c1ccccc1. The quantitative estimate of drug-likeness (QED) is 0.329. The van der Waals surface area contributed by atoms with Crippen LogP contribution in [0, 0.1) is 5.92 Å². The van der Waals surface area contributed by atoms with Crippen LogP contribution < -0.4 is 21.3 Å². The van der Waals surface area contributed by atoms with Crippen LogP contribution in [0.3, 0.4) is 0 Å². The molecule has 0 aromatic heterocycles. The molecule has 4 N–H and O–H groups in total. The highest BCUT2D eigenvalue weighted by atomic mass is 16.2. The zero-order chi connectivity index (χ0) is 30.1. The summed E-state index contributed by atoms with van der Waals surface area (Å²) in [5.74, 6) is -1.51. The summed E-state index contributed by atoms with van der Waals surface area (Å²) in [6.07, 6.45) is 6.06. The van der Waals surface area contributed by atoms with Crippen molar-refractivity contribution < 1.29 is 19.2 Å². The molecule has 226 valence electrons. The molecule has 0 radical (unpaired) electrons. The summed E-state index contributed by atoms with van der Waals surface area (Å²) >= 11 is 0. The average Bonchev–Trinajstić information content (AvgIpc) is 3.54. The molecule has 2 aliphatic rings. The molecule has 2 aromatic rings. The van der Waals surface area contributed by atoms with Gasteiger partial charge in [-0.15, -0.1) is 0 Å². The van der Waals surface area contributed by atoms with E-state index in [-0.39, 0.29) is 29.5 Å². The predicted molar refractivity (Wildman–Crippen MR) is 162 cm³/mol. The molecule has 4 amide bonds. The number of rotatable bonds is 11. The van der Waals surface area contributed by atoms with E-state index < -0.39 is 30.1 Å². The second kappa shape index (κ2) is 15.0. The molecule has 0 spiro atoms. The average molecular weight is 576 g/mol. The Morgan fingerprint density at radius 1 is 0.762 bits per heavy atom. The molecule has 1 saturated carbocycles. The van der Waals surface area contributed by atoms with Crippen LogP contribution in [-0.4, -0.2) is 73.3 Å². The van der Waals surface area contributed by atoms with Crippen LogP contribution in [0.15, 0.2) is 60.7 Å². The van der Waals surface area contributed by atoms with E-state index in [0.717, 1.165) is 43.2 Å². The summed E-state index contributed by atoms with van der Waals surface area (Å²) in [5.41, 5.74) is 1.80. The second-order valence-electron chi connectivity index (χ2n) is 11.5. The van der Waals surface area contributed by atoms with Gasteiger partial charge in [0.15, 0.2) is 0 Å². The number of hydrogen-bond acceptors (Lipinski definition) is 5. The number of benzene rings is 2. The lowest BCUT2D eigenvalue weighted by Crippen LogP contribution is -2.59. The van der Waals surface area contributed by atoms with Crippen LogP contribution in [0.4, 0.5) is 0 Å². The zero-order valence-corrected chi connectivity index (χ0v) is 25.0. The van der Waals surface area contributed by atoms with Crippen LogP contribution in [0.1, 0.15) is 68.9 Å². The maximum Gasteiger partial charge on any atom is 0.246 e. The fourth-order valence-electron chi connectivity index (χ4n) is 6.34. The first kappa shape index (κ1) is 31.2. The molecule has 9 nitrogen and oxygen atoms in total. The Hall–Kier alpha value is -3.72. The van der Waals surface area contributed by atoms with Crippen molar-refractivity contribution in [1.29, 1.82) is 0 Å². The summed E-state index contributed by atoms with van der Waals surface area (Å²) in [5, 5.41) is 11.7. The maximum atomic E-state index is 14.1. The van der Waals surface area contributed by atoms with E-state index in [1.807, 2.05) is 60.7 Å². The van der Waals surface area contributed by atoms with Gasteiger partial charge in [0, 0.05) is 19.5 Å². The largest absolute Gasteiger partial charge is 0.357 e. The van der Waals surface area contributed by atoms with Gasteiger partial charge in [0.05, 0.1) is 6.04 Å². The summed E-state index contributed by atoms with van der Waals surface area (Å²) in [6.45, 7) is 2.20. The molecule has 0 unspecified atom stereocenters. The van der Waals surface area contributed by atoms with E-state index in [1.54, 1.807) is 25.9 Å². The Morgan fingerprint density at radius 3 is 1.90 bits per heavy atom. The minimum Gasteiger partial charge on any atom is -0.357 e. The van der Waals surface area contributed by atoms with Gasteiger partial charge in [-0.3, -0.25) is 19.2 Å². The molecular weight excluding hydrogens is 530 g/mol. The monoisotopic (exact) mass is 575 g/mol. The molecule has 9 heteroatoms. The van der Waals surface area contributed by atoms with E-state index in [4.69, 9.17) is 0 Å². The number of nitrogens with one attached hydrogen (secondary N) is 4. The Morgan fingerprint density at radius 2 is 1.36 bits per heavy atom. The minimum atomic E-state index is -0.893. The topological polar surface area (TPSA) is 120 Å². The van der Waals surface area contributed by atoms with Gasteiger partial charge in [-0.05, 0) is 56.7 Å². The van der Waals surface area contributed by atoms with E-state index >= 15 is 0 Å². The highest BCUT2D eigenvalue weighted by molar-refractivity contribution is 5.95. The van der Waals surface area contributed by atoms with Crippen LogP contribution in [0.2, 0.25) is 0 Å². The van der Waals surface area contributed by atoms with Crippen molar-refractivity contribution in [1.82, 2.24) is 26.2 Å². The minimum absolute atomic E-state index is 0.0303. The van der Waals surface area contributed by atoms with Gasteiger partial charge in [0.2, 0.25) is 23.6 Å². The molecule has 4 atom stereocenters. The van der Waals surface area contributed by atoms with Crippen molar-refractivity contribution in [2.45, 2.75) is 82.0 Å². The van der Waals surface area contributed by atoms with Crippen LogP contribution in [0.25, 0.3) is 0 Å². The normalized spacial score (nSPS) is 19.5. The Bertz CT molecular complexity index is 1160. The lowest BCUT2D eigenvalue weighted by atomic mass is 9.83. The molecular formula is C33H45N5O4. The molecule has 2 aromatic carbocycles. The third-order valence-electron chi connectivity index (χ3n) is 8.83. The van der Waals surface area contributed by atoms with E-state index in [0.29, 0.717) is 19.4 Å². The highest BCUT2D eigenvalue weighted by Gasteiger charge is 2.42. The summed E-state index contributed by atoms with van der Waals surface area (Å²) in [6, 6.07) is 16.6. The van der Waals surface area contributed by atoms with Crippen molar-refractivity contribution >= 4 is 23.6 Å². The lowest BCUT2D eigenvalue weighted by molar-refractivity contribution is -0.143. The van der Waals surface area contributed by atoms with Crippen LogP contribution in [-0.2, 0) is 19.2 Å². The van der Waals surface area contributed by atoms with Gasteiger partial charge in [-0.1, -0.05) is 79.9 Å². The predicted octanol–water partition coefficient (Wildman–Crippen LogP) is 2.71. The Balaban J connectivity index is 1.59. The Kier molecular flexibility index (Phi) is 11.1. The first-order chi connectivity index (χ1) is 20.3. The van der Waals surface area contributed by atoms with Gasteiger partial charge >= 0.3 is 0 Å². The Labute approximate surface area is 249 Å². The third kappa shape index (κ3) is 7.37. The molecule has 1 aliphatic carbocycles. The first-order valence-corrected chi connectivity index (χ1v) is 15.3. The van der Waals surface area contributed by atoms with Crippen LogP contribution >= 0.6 is 0 Å². The standard InChI is InChI=1S/C33H45N5O4/c1-22(34-2)30(39)36-28(25-18-11-6-12-19-25)33(42)38-21-13-20-26(38)31(40)37-29(32(41)35-3)27(23-14-7-4-8-15-23)24-16-9-5-10-17-24/h4-5,7-10,14-17,22,25-29,34H,6,11-13,18-21H2,1-3H3,(H,35,41)(H,36,39)(H,37,40)/t22-,26-,28-,29-/m0/s1. The van der Waals surface area contributed by atoms with Gasteiger partial charge < -0.3 is 26.2 Å². The number of amides is 4. The van der Waals surface area contributed by atoms with Crippen molar-refractivity contribution in [3.8, 4) is 0 Å². The number of likely N-dealkylation sites (tertiary alicyclic amines) is 1. The number of nitrogens with zero attached hydrogens (tertiary/aromatic N) is 1. The molecule has 1 saturated heterocycles. The highest BCUT2D eigenvalue weighted by Crippen LogP contribution is 2.31. The van der Waals surface area contributed by atoms with Crippen molar-refractivity contribution in [3.05, 3.63) is 71.8 Å². The number of likely N-dealkylation sites (N-methyl/N-ethyl adjacent to an activating group) is 2. The van der Waals surface area contributed by atoms with Crippen LogP contribution in [0.5, 0.6) is 0 Å². The summed E-state index contributed by atoms with van der Waals surface area (Å²) in [7, 11) is 3.27. The zero-order valence-electron chi connectivity index (χ0n) is 25.0. The second-order valence-corrected chi connectivity index (χ2v) is 11.5. The molecule has 1 heterocycles. The lowest BCUT2D eigenvalue weighted by Gasteiger charge is -2.36. The van der Waals surface area contributed by atoms with E-state index in [2.05, 4.69) is 21.3 Å². The number of hydrogen-bond donors (Lipinski definition) is 4. The fourth-order valence-corrected chi connectivity index (χ4v) is 6.34. The smallest absolute Gasteiger partial charge is 0.246 e. The van der Waals surface area contributed by atoms with Gasteiger partial charge in [0.1, 0.15) is 18.1 Å². The number of carbonyl (C=O) groups is 4. The molecule has 4 rings (SSSR count). The van der Waals surface area contributed by atoms with Gasteiger partial charge in [0.25, 0.3) is 0 Å². The van der Waals surface area contributed by atoms with E-state index in [9.17, 15) is 19.2 Å². The molecule has 42 heavy (non-hydrogen) atoms. The fraction of sp³-hybridized carbons (Fsp3) is 0.515. The summed E-state index contributed by atoms with van der Waals surface area (Å²) < 4.78 is 0. The summed E-state index contributed by atoms with van der Waals surface area (Å²) in [4.78, 5) is 55.9. The van der Waals surface area contributed by atoms with E-state index in [1.165, 1.54) is 0 Å². The van der Waals surface area contributed by atoms with Crippen molar-refractivity contribution in [3.63, 3.8) is 0 Å². The van der Waals surface area contributed by atoms with Gasteiger partial charge in [-0.25, -0.2) is 0 Å². The van der Waals surface area contributed by atoms with Crippen molar-refractivity contribution in [2.24, 2.45) is 5.92 Å². The molecule has 0 bridgehead atoms. The third-order valence-corrected chi connectivity index (χ3v) is 8.83. The first-order valence-electron chi connectivity index (χ1n) is 15.3. The molecule has 2 fully saturated rings.